The van der Waals surface area contributed by atoms with Gasteiger partial charge in [0.1, 0.15) is 22.8 Å². The molecule has 0 aliphatic carbocycles. The van der Waals surface area contributed by atoms with Crippen molar-refractivity contribution in [2.24, 2.45) is 0 Å². The Balaban J connectivity index is 2.32. The molecule has 8 heteroatoms. The maximum Gasteiger partial charge on any atom is 0.339 e. The molecule has 0 spiro atoms. The highest BCUT2D eigenvalue weighted by atomic mass is 35.5. The number of rotatable bonds is 4. The summed E-state index contributed by atoms with van der Waals surface area (Å²) in [5.41, 5.74) is -0.519. The lowest BCUT2D eigenvalue weighted by atomic mass is 10.2. The normalized spacial score (nSPS) is 10.1. The average molecular weight is 310 g/mol. The molecule has 2 N–H and O–H groups in total. The van der Waals surface area contributed by atoms with Crippen LogP contribution in [-0.2, 0) is 0 Å². The number of nitro benzene ring substituents is 1. The van der Waals surface area contributed by atoms with Crippen LogP contribution in [0, 0.1) is 10.1 Å². The summed E-state index contributed by atoms with van der Waals surface area (Å²) in [5.74, 6) is -1.46. The molecule has 0 aliphatic rings. The van der Waals surface area contributed by atoms with Gasteiger partial charge in [-0.3, -0.25) is 10.1 Å². The van der Waals surface area contributed by atoms with Crippen LogP contribution in [0.2, 0.25) is 5.02 Å². The van der Waals surface area contributed by atoms with E-state index in [1.807, 2.05) is 0 Å². The summed E-state index contributed by atoms with van der Waals surface area (Å²) in [6, 6.07) is 7.26. The number of ether oxygens (including phenoxy) is 1. The second-order valence-corrected chi connectivity index (χ2v) is 4.37. The molecule has 0 atom stereocenters. The van der Waals surface area contributed by atoms with E-state index in [0.717, 1.165) is 18.2 Å². The van der Waals surface area contributed by atoms with Gasteiger partial charge in [0.15, 0.2) is 0 Å². The number of carboxylic acid groups (broad SMARTS) is 1. The third-order valence-corrected chi connectivity index (χ3v) is 2.85. The molecule has 0 saturated carbocycles. The van der Waals surface area contributed by atoms with E-state index in [1.54, 1.807) is 0 Å². The fourth-order valence-corrected chi connectivity index (χ4v) is 1.78. The van der Waals surface area contributed by atoms with Crippen molar-refractivity contribution in [3.05, 3.63) is 57.1 Å². The zero-order valence-corrected chi connectivity index (χ0v) is 11.1. The van der Waals surface area contributed by atoms with Crippen molar-refractivity contribution in [1.29, 1.82) is 0 Å². The van der Waals surface area contributed by atoms with Gasteiger partial charge in [0.25, 0.3) is 5.69 Å². The van der Waals surface area contributed by atoms with Crippen LogP contribution in [0.15, 0.2) is 36.4 Å². The Labute approximate surface area is 123 Å². The van der Waals surface area contributed by atoms with Gasteiger partial charge in [-0.15, -0.1) is 0 Å². The highest BCUT2D eigenvalue weighted by Gasteiger charge is 2.14. The third-order valence-electron chi connectivity index (χ3n) is 2.55. The minimum absolute atomic E-state index is 0.00847. The monoisotopic (exact) mass is 309 g/mol. The number of aromatic carboxylic acids is 1. The Kier molecular flexibility index (Phi) is 3.95. The first-order valence-electron chi connectivity index (χ1n) is 5.56. The molecule has 2 aromatic carbocycles. The number of hydrogen-bond acceptors (Lipinski definition) is 5. The molecule has 2 rings (SSSR count). The van der Waals surface area contributed by atoms with Crippen LogP contribution < -0.4 is 4.74 Å². The maximum atomic E-state index is 10.9. The number of benzene rings is 2. The largest absolute Gasteiger partial charge is 0.507 e. The first-order valence-corrected chi connectivity index (χ1v) is 5.94. The number of hydrogen-bond donors (Lipinski definition) is 2. The lowest BCUT2D eigenvalue weighted by Gasteiger charge is -2.08. The van der Waals surface area contributed by atoms with E-state index in [4.69, 9.17) is 21.4 Å². The SMILES string of the molecule is O=C(O)c1cc(Oc2ccc([N+](=O)[O-])cc2Cl)ccc1O. The van der Waals surface area contributed by atoms with Gasteiger partial charge in [-0.1, -0.05) is 11.6 Å². The highest BCUT2D eigenvalue weighted by Crippen LogP contribution is 2.33. The van der Waals surface area contributed by atoms with Gasteiger partial charge in [-0.05, 0) is 24.3 Å². The van der Waals surface area contributed by atoms with E-state index in [-0.39, 0.29) is 27.8 Å². The maximum absolute atomic E-state index is 10.9. The minimum atomic E-state index is -1.31. The van der Waals surface area contributed by atoms with Crippen LogP contribution >= 0.6 is 11.6 Å². The summed E-state index contributed by atoms with van der Waals surface area (Å²) in [4.78, 5) is 20.9. The fraction of sp³-hybridized carbons (Fsp3) is 0. The smallest absolute Gasteiger partial charge is 0.339 e. The van der Waals surface area contributed by atoms with Gasteiger partial charge >= 0.3 is 5.97 Å². The van der Waals surface area contributed by atoms with Gasteiger partial charge in [0.05, 0.1) is 9.95 Å². The Bertz CT molecular complexity index is 731. The zero-order valence-electron chi connectivity index (χ0n) is 10.3. The number of halogens is 1. The van der Waals surface area contributed by atoms with Crippen molar-refractivity contribution in [2.75, 3.05) is 0 Å². The van der Waals surface area contributed by atoms with Gasteiger partial charge in [0.2, 0.25) is 0 Å². The lowest BCUT2D eigenvalue weighted by molar-refractivity contribution is -0.384. The molecule has 0 amide bonds. The molecular weight excluding hydrogens is 302 g/mol. The van der Waals surface area contributed by atoms with Gasteiger partial charge in [-0.2, -0.15) is 0 Å². The van der Waals surface area contributed by atoms with Crippen molar-refractivity contribution in [3.63, 3.8) is 0 Å². The second kappa shape index (κ2) is 5.68. The van der Waals surface area contributed by atoms with E-state index in [1.165, 1.54) is 18.2 Å². The molecule has 0 aromatic heterocycles. The molecule has 0 saturated heterocycles. The average Bonchev–Trinajstić information content (AvgIpc) is 2.42. The Morgan fingerprint density at radius 3 is 2.52 bits per heavy atom. The molecule has 2 aromatic rings. The quantitative estimate of drug-likeness (QED) is 0.661. The molecule has 0 heterocycles. The number of nitrogens with zero attached hydrogens (tertiary/aromatic N) is 1. The number of phenols is 1. The molecule has 21 heavy (non-hydrogen) atoms. The summed E-state index contributed by atoms with van der Waals surface area (Å²) >= 11 is 5.86. The van der Waals surface area contributed by atoms with Crippen LogP contribution in [0.25, 0.3) is 0 Å². The Hall–Kier alpha value is -2.80. The standard InChI is InChI=1S/C13H8ClNO6/c14-10-5-7(15(19)20)1-4-12(10)21-8-2-3-11(16)9(6-8)13(17)18/h1-6,16H,(H,17,18). The molecule has 108 valence electrons. The first kappa shape index (κ1) is 14.6. The number of carboxylic acids is 1. The number of nitro groups is 1. The van der Waals surface area contributed by atoms with Crippen LogP contribution in [0.3, 0.4) is 0 Å². The van der Waals surface area contributed by atoms with Crippen molar-refractivity contribution in [3.8, 4) is 17.2 Å². The van der Waals surface area contributed by atoms with Crippen LogP contribution in [0.5, 0.6) is 17.2 Å². The summed E-state index contributed by atoms with van der Waals surface area (Å²) in [7, 11) is 0. The summed E-state index contributed by atoms with van der Waals surface area (Å²) in [5, 5.41) is 28.9. The molecule has 0 unspecified atom stereocenters. The van der Waals surface area contributed by atoms with E-state index in [0.29, 0.717) is 0 Å². The van der Waals surface area contributed by atoms with Crippen LogP contribution in [-0.4, -0.2) is 21.1 Å². The molecule has 0 bridgehead atoms. The van der Waals surface area contributed by atoms with Gasteiger partial charge in [-0.25, -0.2) is 4.79 Å². The van der Waals surface area contributed by atoms with Crippen molar-refractivity contribution in [1.82, 2.24) is 0 Å². The van der Waals surface area contributed by atoms with Crippen molar-refractivity contribution >= 4 is 23.3 Å². The minimum Gasteiger partial charge on any atom is -0.507 e. The van der Waals surface area contributed by atoms with Gasteiger partial charge in [0, 0.05) is 12.1 Å². The van der Waals surface area contributed by atoms with E-state index < -0.39 is 16.6 Å². The number of non-ortho nitro benzene ring substituents is 1. The van der Waals surface area contributed by atoms with Crippen LogP contribution in [0.1, 0.15) is 10.4 Å². The van der Waals surface area contributed by atoms with E-state index in [9.17, 15) is 20.0 Å². The predicted molar refractivity (Wildman–Crippen MR) is 73.2 cm³/mol. The summed E-state index contributed by atoms with van der Waals surface area (Å²) < 4.78 is 5.36. The lowest BCUT2D eigenvalue weighted by Crippen LogP contribution is -1.97. The Morgan fingerprint density at radius 2 is 1.95 bits per heavy atom. The highest BCUT2D eigenvalue weighted by molar-refractivity contribution is 6.32. The first-order chi connectivity index (χ1) is 9.88. The Morgan fingerprint density at radius 1 is 1.24 bits per heavy atom. The molecular formula is C13H8ClNO6. The van der Waals surface area contributed by atoms with E-state index >= 15 is 0 Å². The molecule has 0 aliphatic heterocycles. The summed E-state index contributed by atoms with van der Waals surface area (Å²) in [6.07, 6.45) is 0. The topological polar surface area (TPSA) is 110 Å². The van der Waals surface area contributed by atoms with Gasteiger partial charge < -0.3 is 14.9 Å². The summed E-state index contributed by atoms with van der Waals surface area (Å²) in [6.45, 7) is 0. The van der Waals surface area contributed by atoms with Crippen molar-refractivity contribution in [2.45, 2.75) is 0 Å². The van der Waals surface area contributed by atoms with Crippen molar-refractivity contribution < 1.29 is 24.7 Å². The fourth-order valence-electron chi connectivity index (χ4n) is 1.56. The van der Waals surface area contributed by atoms with Crippen LogP contribution in [0.4, 0.5) is 5.69 Å². The van der Waals surface area contributed by atoms with E-state index in [2.05, 4.69) is 0 Å². The molecule has 7 nitrogen and oxygen atoms in total. The second-order valence-electron chi connectivity index (χ2n) is 3.96. The predicted octanol–water partition coefficient (Wildman–Crippen LogP) is 3.44. The third kappa shape index (κ3) is 3.21. The number of carbonyl (C=O) groups is 1. The zero-order chi connectivity index (χ0) is 15.6. The molecule has 0 fully saturated rings. The molecule has 0 radical (unpaired) electrons. The number of aromatic hydroxyl groups is 1.